The molecule has 0 aliphatic carbocycles. The van der Waals surface area contributed by atoms with Crippen molar-refractivity contribution in [2.75, 3.05) is 20.8 Å². The number of para-hydroxylation sites is 1. The number of esters is 1. The number of ether oxygens (including phenoxy) is 3. The minimum atomic E-state index is -0.733. The number of nitrogens with one attached hydrogen (secondary N) is 1. The van der Waals surface area contributed by atoms with Crippen molar-refractivity contribution in [3.63, 3.8) is 0 Å². The summed E-state index contributed by atoms with van der Waals surface area (Å²) in [5.41, 5.74) is 3.64. The second-order valence-electron chi connectivity index (χ2n) is 9.41. The molecule has 0 unspecified atom stereocenters. The number of hydrogen-bond donors (Lipinski definition) is 1. The highest BCUT2D eigenvalue weighted by molar-refractivity contribution is 8.16. The third kappa shape index (κ3) is 5.89. The molecule has 0 radical (unpaired) electrons. The normalized spacial score (nSPS) is 15.9. The minimum absolute atomic E-state index is 0.0206. The number of carbonyl (C=O) groups is 2. The number of thioether (sulfide) groups is 1. The molecule has 10 heteroatoms. The molecule has 2 heterocycles. The van der Waals surface area contributed by atoms with E-state index in [2.05, 4.69) is 5.32 Å². The molecule has 0 fully saturated rings. The van der Waals surface area contributed by atoms with Crippen molar-refractivity contribution >= 4 is 34.5 Å². The minimum Gasteiger partial charge on any atom is -0.493 e. The van der Waals surface area contributed by atoms with Crippen LogP contribution in [0.1, 0.15) is 36.1 Å². The van der Waals surface area contributed by atoms with Gasteiger partial charge in [-0.15, -0.1) is 0 Å². The van der Waals surface area contributed by atoms with E-state index in [1.807, 2.05) is 52.8 Å². The number of amidine groups is 1. The summed E-state index contributed by atoms with van der Waals surface area (Å²) in [5, 5.41) is 5.38. The molecule has 3 aromatic rings. The molecule has 1 N–H and O–H groups in total. The van der Waals surface area contributed by atoms with Crippen molar-refractivity contribution in [1.82, 2.24) is 10.2 Å². The van der Waals surface area contributed by atoms with Gasteiger partial charge < -0.3 is 24.4 Å². The summed E-state index contributed by atoms with van der Waals surface area (Å²) in [6.07, 6.45) is 0.0206. The molecule has 2 aliphatic heterocycles. The van der Waals surface area contributed by atoms with Crippen LogP contribution >= 0.6 is 11.8 Å². The summed E-state index contributed by atoms with van der Waals surface area (Å²) >= 11 is 1.37. The second kappa shape index (κ2) is 12.9. The SMILES string of the molecule is CCOC(=O)C1=C(c2ccccc2)N=C2SC=C(CC(=O)NCc3ccc(F)cc3)N2[C@H]1c1cccc(OC)c1OC. The summed E-state index contributed by atoms with van der Waals surface area (Å²) in [5.74, 6) is -0.143. The lowest BCUT2D eigenvalue weighted by Crippen LogP contribution is -2.38. The fraction of sp³-hybridized carbons (Fsp3) is 0.219. The lowest BCUT2D eigenvalue weighted by Gasteiger charge is -2.37. The zero-order valence-corrected chi connectivity index (χ0v) is 24.2. The molecule has 0 bridgehead atoms. The van der Waals surface area contributed by atoms with Gasteiger partial charge in [0, 0.05) is 23.4 Å². The molecule has 5 rings (SSSR count). The van der Waals surface area contributed by atoms with E-state index < -0.39 is 12.0 Å². The van der Waals surface area contributed by atoms with Crippen LogP contribution in [0.3, 0.4) is 0 Å². The first-order valence-corrected chi connectivity index (χ1v) is 14.3. The number of hydrogen-bond acceptors (Lipinski definition) is 8. The highest BCUT2D eigenvalue weighted by Gasteiger charge is 2.43. The molecular formula is C32H30FN3O5S. The topological polar surface area (TPSA) is 89.5 Å². The first-order valence-electron chi connectivity index (χ1n) is 13.4. The van der Waals surface area contributed by atoms with E-state index in [4.69, 9.17) is 19.2 Å². The maximum atomic E-state index is 13.7. The molecule has 42 heavy (non-hydrogen) atoms. The number of methoxy groups -OCH3 is 2. The lowest BCUT2D eigenvalue weighted by molar-refractivity contribution is -0.139. The number of fused-ring (bicyclic) bond motifs is 1. The van der Waals surface area contributed by atoms with Crippen LogP contribution in [0, 0.1) is 5.82 Å². The van der Waals surface area contributed by atoms with Crippen LogP contribution < -0.4 is 14.8 Å². The number of halogens is 1. The fourth-order valence-corrected chi connectivity index (χ4v) is 5.86. The monoisotopic (exact) mass is 587 g/mol. The van der Waals surface area contributed by atoms with Gasteiger partial charge in [0.1, 0.15) is 5.82 Å². The van der Waals surface area contributed by atoms with Crippen molar-refractivity contribution in [3.05, 3.63) is 112 Å². The second-order valence-corrected chi connectivity index (χ2v) is 10.2. The van der Waals surface area contributed by atoms with Gasteiger partial charge in [-0.1, -0.05) is 66.4 Å². The third-order valence-corrected chi connectivity index (χ3v) is 7.71. The van der Waals surface area contributed by atoms with Gasteiger partial charge in [-0.25, -0.2) is 14.2 Å². The zero-order valence-electron chi connectivity index (χ0n) is 23.4. The summed E-state index contributed by atoms with van der Waals surface area (Å²) in [4.78, 5) is 33.7. The predicted octanol–water partition coefficient (Wildman–Crippen LogP) is 5.82. The smallest absolute Gasteiger partial charge is 0.338 e. The number of benzene rings is 3. The highest BCUT2D eigenvalue weighted by atomic mass is 32.2. The molecule has 3 aromatic carbocycles. The molecule has 2 aliphatic rings. The Hall–Kier alpha value is -4.57. The molecule has 0 aromatic heterocycles. The van der Waals surface area contributed by atoms with E-state index in [-0.39, 0.29) is 31.3 Å². The van der Waals surface area contributed by atoms with Crippen molar-refractivity contribution in [1.29, 1.82) is 0 Å². The maximum Gasteiger partial charge on any atom is 0.338 e. The van der Waals surface area contributed by atoms with E-state index in [1.54, 1.807) is 39.3 Å². The third-order valence-electron chi connectivity index (χ3n) is 6.83. The summed E-state index contributed by atoms with van der Waals surface area (Å²) in [6.45, 7) is 2.17. The number of rotatable bonds is 10. The standard InChI is InChI=1S/C32H30FN3O5S/c1-4-41-31(38)27-28(21-9-6-5-7-10-21)35-32-36(29(27)24-11-8-12-25(39-2)30(24)40-3)23(19-42-32)17-26(37)34-18-20-13-15-22(33)16-14-20/h5-16,19,29H,4,17-18H2,1-3H3,(H,34,37)/t29-/m0/s1. The van der Waals surface area contributed by atoms with Gasteiger partial charge >= 0.3 is 5.97 Å². The summed E-state index contributed by atoms with van der Waals surface area (Å²) in [6, 6.07) is 20.2. The highest BCUT2D eigenvalue weighted by Crippen LogP contribution is 2.50. The Morgan fingerprint density at radius 2 is 1.76 bits per heavy atom. The van der Waals surface area contributed by atoms with E-state index >= 15 is 0 Å². The number of aliphatic imine (C=N–C) groups is 1. The van der Waals surface area contributed by atoms with Gasteiger partial charge in [0.05, 0.1) is 44.6 Å². The van der Waals surface area contributed by atoms with E-state index in [9.17, 15) is 14.0 Å². The van der Waals surface area contributed by atoms with Gasteiger partial charge in [0.25, 0.3) is 0 Å². The van der Waals surface area contributed by atoms with Crippen LogP contribution in [0.2, 0.25) is 0 Å². The van der Waals surface area contributed by atoms with Crippen LogP contribution in [0.25, 0.3) is 5.70 Å². The van der Waals surface area contributed by atoms with Gasteiger partial charge in [-0.3, -0.25) is 4.79 Å². The van der Waals surface area contributed by atoms with E-state index in [0.29, 0.717) is 39.2 Å². The molecule has 0 saturated heterocycles. The Morgan fingerprint density at radius 1 is 1.00 bits per heavy atom. The molecule has 216 valence electrons. The van der Waals surface area contributed by atoms with Crippen molar-refractivity contribution in [2.45, 2.75) is 25.9 Å². The van der Waals surface area contributed by atoms with Crippen LogP contribution in [0.4, 0.5) is 4.39 Å². The van der Waals surface area contributed by atoms with Gasteiger partial charge in [-0.2, -0.15) is 0 Å². The van der Waals surface area contributed by atoms with Crippen molar-refractivity contribution in [3.8, 4) is 11.5 Å². The Labute approximate surface area is 247 Å². The quantitative estimate of drug-likeness (QED) is 0.299. The average molecular weight is 588 g/mol. The Morgan fingerprint density at radius 3 is 2.45 bits per heavy atom. The van der Waals surface area contributed by atoms with Crippen LogP contribution in [-0.4, -0.2) is 42.8 Å². The maximum absolute atomic E-state index is 13.7. The molecule has 0 spiro atoms. The van der Waals surface area contributed by atoms with Gasteiger partial charge in [-0.05, 0) is 36.1 Å². The lowest BCUT2D eigenvalue weighted by atomic mass is 9.90. The first kappa shape index (κ1) is 28.9. The Balaban J connectivity index is 1.57. The number of amides is 1. The summed E-state index contributed by atoms with van der Waals surface area (Å²) in [7, 11) is 3.10. The van der Waals surface area contributed by atoms with Crippen molar-refractivity contribution < 1.29 is 28.2 Å². The molecule has 8 nitrogen and oxygen atoms in total. The fourth-order valence-electron chi connectivity index (χ4n) is 4.94. The van der Waals surface area contributed by atoms with Gasteiger partial charge in [0.15, 0.2) is 16.7 Å². The Kier molecular flexibility index (Phi) is 8.92. The molecular weight excluding hydrogens is 557 g/mol. The Bertz CT molecular complexity index is 1570. The van der Waals surface area contributed by atoms with E-state index in [0.717, 1.165) is 11.1 Å². The van der Waals surface area contributed by atoms with Crippen LogP contribution in [0.5, 0.6) is 11.5 Å². The summed E-state index contributed by atoms with van der Waals surface area (Å²) < 4.78 is 30.3. The molecule has 1 amide bonds. The van der Waals surface area contributed by atoms with Crippen LogP contribution in [-0.2, 0) is 20.9 Å². The van der Waals surface area contributed by atoms with Crippen molar-refractivity contribution in [2.24, 2.45) is 4.99 Å². The number of nitrogens with zero attached hydrogens (tertiary/aromatic N) is 2. The van der Waals surface area contributed by atoms with Crippen LogP contribution in [0.15, 0.2) is 94.5 Å². The predicted molar refractivity (Wildman–Crippen MR) is 160 cm³/mol. The number of carbonyl (C=O) groups excluding carboxylic acids is 2. The first-order chi connectivity index (χ1) is 20.4. The molecule has 1 atom stereocenters. The van der Waals surface area contributed by atoms with Gasteiger partial charge in [0.2, 0.25) is 5.91 Å². The zero-order chi connectivity index (χ0) is 29.6. The van der Waals surface area contributed by atoms with E-state index in [1.165, 1.54) is 23.9 Å². The average Bonchev–Trinajstić information content (AvgIpc) is 3.41. The largest absolute Gasteiger partial charge is 0.493 e. The molecule has 0 saturated carbocycles.